The highest BCUT2D eigenvalue weighted by Crippen LogP contribution is 2.10. The Balaban J connectivity index is 1.96. The van der Waals surface area contributed by atoms with E-state index in [1.165, 1.54) is 5.56 Å². The summed E-state index contributed by atoms with van der Waals surface area (Å²) in [6, 6.07) is 16.7. The monoisotopic (exact) mass is 316 g/mol. The SMILES string of the molecule is C/C(CCc1ccccc1)=N\NS(=O)(=O)c1ccc(C)cc1. The van der Waals surface area contributed by atoms with Crippen LogP contribution >= 0.6 is 0 Å². The van der Waals surface area contributed by atoms with Gasteiger partial charge in [-0.3, -0.25) is 0 Å². The molecule has 0 spiro atoms. The van der Waals surface area contributed by atoms with Crippen molar-refractivity contribution in [2.75, 3.05) is 0 Å². The fourth-order valence-electron chi connectivity index (χ4n) is 1.93. The third kappa shape index (κ3) is 4.70. The maximum Gasteiger partial charge on any atom is 0.276 e. The summed E-state index contributed by atoms with van der Waals surface area (Å²) in [5.41, 5.74) is 2.97. The van der Waals surface area contributed by atoms with Crippen molar-refractivity contribution in [2.24, 2.45) is 5.10 Å². The van der Waals surface area contributed by atoms with Gasteiger partial charge in [0.2, 0.25) is 0 Å². The van der Waals surface area contributed by atoms with Gasteiger partial charge >= 0.3 is 0 Å². The molecule has 0 amide bonds. The fourth-order valence-corrected chi connectivity index (χ4v) is 2.81. The van der Waals surface area contributed by atoms with E-state index in [4.69, 9.17) is 0 Å². The molecule has 0 aliphatic carbocycles. The van der Waals surface area contributed by atoms with Crippen LogP contribution in [0.25, 0.3) is 0 Å². The van der Waals surface area contributed by atoms with Crippen LogP contribution in [0.3, 0.4) is 0 Å². The van der Waals surface area contributed by atoms with E-state index in [9.17, 15) is 8.42 Å². The normalized spacial score (nSPS) is 12.2. The minimum atomic E-state index is -3.59. The second-order valence-electron chi connectivity index (χ2n) is 5.24. The zero-order valence-corrected chi connectivity index (χ0v) is 13.6. The van der Waals surface area contributed by atoms with E-state index in [-0.39, 0.29) is 4.90 Å². The van der Waals surface area contributed by atoms with Gasteiger partial charge in [0.15, 0.2) is 0 Å². The predicted octanol–water partition coefficient (Wildman–Crippen LogP) is 3.28. The molecule has 0 fully saturated rings. The molecule has 4 nitrogen and oxygen atoms in total. The molecule has 0 bridgehead atoms. The molecule has 0 aliphatic heterocycles. The van der Waals surface area contributed by atoms with Crippen molar-refractivity contribution in [3.63, 3.8) is 0 Å². The first-order valence-electron chi connectivity index (χ1n) is 7.13. The van der Waals surface area contributed by atoms with Gasteiger partial charge in [-0.1, -0.05) is 48.0 Å². The molecular formula is C17H20N2O2S. The lowest BCUT2D eigenvalue weighted by Gasteiger charge is -2.06. The van der Waals surface area contributed by atoms with E-state index in [1.54, 1.807) is 24.3 Å². The maximum absolute atomic E-state index is 12.1. The lowest BCUT2D eigenvalue weighted by atomic mass is 10.1. The number of nitrogens with one attached hydrogen (secondary N) is 1. The van der Waals surface area contributed by atoms with Gasteiger partial charge in [-0.2, -0.15) is 13.5 Å². The van der Waals surface area contributed by atoms with Crippen molar-refractivity contribution in [1.29, 1.82) is 0 Å². The Kier molecular flexibility index (Phi) is 5.33. The van der Waals surface area contributed by atoms with Gasteiger partial charge in [-0.15, -0.1) is 0 Å². The molecule has 22 heavy (non-hydrogen) atoms. The summed E-state index contributed by atoms with van der Waals surface area (Å²) in [5, 5.41) is 3.99. The first kappa shape index (κ1) is 16.2. The maximum atomic E-state index is 12.1. The summed E-state index contributed by atoms with van der Waals surface area (Å²) >= 11 is 0. The van der Waals surface area contributed by atoms with Crippen LogP contribution in [0.2, 0.25) is 0 Å². The molecule has 2 rings (SSSR count). The molecule has 116 valence electrons. The van der Waals surface area contributed by atoms with Crippen LogP contribution in [0.4, 0.5) is 0 Å². The van der Waals surface area contributed by atoms with E-state index in [0.717, 1.165) is 17.7 Å². The van der Waals surface area contributed by atoms with Crippen LogP contribution in [-0.2, 0) is 16.4 Å². The molecule has 0 radical (unpaired) electrons. The Morgan fingerprint density at radius 2 is 1.68 bits per heavy atom. The van der Waals surface area contributed by atoms with Gasteiger partial charge in [0.1, 0.15) is 0 Å². The lowest BCUT2D eigenvalue weighted by molar-refractivity contribution is 0.584. The quantitative estimate of drug-likeness (QED) is 0.657. The Morgan fingerprint density at radius 3 is 2.32 bits per heavy atom. The van der Waals surface area contributed by atoms with Crippen molar-refractivity contribution in [2.45, 2.75) is 31.6 Å². The first-order valence-corrected chi connectivity index (χ1v) is 8.61. The number of hydrazone groups is 1. The van der Waals surface area contributed by atoms with Crippen molar-refractivity contribution < 1.29 is 8.42 Å². The van der Waals surface area contributed by atoms with Crippen molar-refractivity contribution in [1.82, 2.24) is 4.83 Å². The summed E-state index contributed by atoms with van der Waals surface area (Å²) in [4.78, 5) is 2.51. The summed E-state index contributed by atoms with van der Waals surface area (Å²) in [6.07, 6.45) is 1.54. The number of nitrogens with zero attached hydrogens (tertiary/aromatic N) is 1. The van der Waals surface area contributed by atoms with Gasteiger partial charge in [0.25, 0.3) is 10.0 Å². The summed E-state index contributed by atoms with van der Waals surface area (Å²) in [7, 11) is -3.59. The van der Waals surface area contributed by atoms with E-state index >= 15 is 0 Å². The molecule has 0 saturated carbocycles. The van der Waals surface area contributed by atoms with Crippen LogP contribution in [-0.4, -0.2) is 14.1 Å². The van der Waals surface area contributed by atoms with E-state index in [1.807, 2.05) is 44.2 Å². The Bertz CT molecular complexity index is 736. The van der Waals surface area contributed by atoms with E-state index in [0.29, 0.717) is 6.42 Å². The highest BCUT2D eigenvalue weighted by atomic mass is 32.2. The third-order valence-corrected chi connectivity index (χ3v) is 4.53. The van der Waals surface area contributed by atoms with Gasteiger partial charge in [0.05, 0.1) is 4.90 Å². The fraction of sp³-hybridized carbons (Fsp3) is 0.235. The summed E-state index contributed by atoms with van der Waals surface area (Å²) in [6.45, 7) is 3.73. The number of benzene rings is 2. The van der Waals surface area contributed by atoms with Crippen molar-refractivity contribution >= 4 is 15.7 Å². The topological polar surface area (TPSA) is 58.5 Å². The van der Waals surface area contributed by atoms with Gasteiger partial charge in [0, 0.05) is 5.71 Å². The molecule has 1 N–H and O–H groups in total. The standard InChI is InChI=1S/C17H20N2O2S/c1-14-8-12-17(13-9-14)22(20,21)19-18-15(2)10-11-16-6-4-3-5-7-16/h3-9,12-13,19H,10-11H2,1-2H3/b18-15+. The zero-order valence-electron chi connectivity index (χ0n) is 12.8. The molecular weight excluding hydrogens is 296 g/mol. The molecule has 5 heteroatoms. The number of rotatable bonds is 6. The molecule has 2 aromatic rings. The largest absolute Gasteiger partial charge is 0.276 e. The molecule has 0 atom stereocenters. The lowest BCUT2D eigenvalue weighted by Crippen LogP contribution is -2.19. The highest BCUT2D eigenvalue weighted by molar-refractivity contribution is 7.89. The van der Waals surface area contributed by atoms with Crippen LogP contribution in [0, 0.1) is 6.92 Å². The number of hydrogen-bond acceptors (Lipinski definition) is 3. The Hall–Kier alpha value is -2.14. The molecule has 0 unspecified atom stereocenters. The predicted molar refractivity (Wildman–Crippen MR) is 89.4 cm³/mol. The van der Waals surface area contributed by atoms with Crippen LogP contribution in [0.15, 0.2) is 64.6 Å². The summed E-state index contributed by atoms with van der Waals surface area (Å²) in [5.74, 6) is 0. The number of aryl methyl sites for hydroxylation is 2. The Labute approximate surface area is 131 Å². The van der Waals surface area contributed by atoms with E-state index < -0.39 is 10.0 Å². The van der Waals surface area contributed by atoms with Gasteiger partial charge in [-0.05, 0) is 44.4 Å². The molecule has 0 heterocycles. The number of sulfonamides is 1. The molecule has 2 aromatic carbocycles. The molecule has 0 aromatic heterocycles. The average molecular weight is 316 g/mol. The first-order chi connectivity index (χ1) is 10.5. The Morgan fingerprint density at radius 1 is 1.05 bits per heavy atom. The highest BCUT2D eigenvalue weighted by Gasteiger charge is 2.12. The van der Waals surface area contributed by atoms with E-state index in [2.05, 4.69) is 9.93 Å². The van der Waals surface area contributed by atoms with Crippen LogP contribution in [0.1, 0.15) is 24.5 Å². The smallest absolute Gasteiger partial charge is 0.200 e. The minimum Gasteiger partial charge on any atom is -0.200 e. The minimum absolute atomic E-state index is 0.220. The zero-order chi connectivity index (χ0) is 16.0. The number of hydrogen-bond donors (Lipinski definition) is 1. The molecule has 0 saturated heterocycles. The van der Waals surface area contributed by atoms with Crippen molar-refractivity contribution in [3.8, 4) is 0 Å². The second-order valence-corrected chi connectivity index (χ2v) is 6.90. The third-order valence-electron chi connectivity index (χ3n) is 3.31. The van der Waals surface area contributed by atoms with Gasteiger partial charge in [-0.25, -0.2) is 4.83 Å². The molecule has 0 aliphatic rings. The van der Waals surface area contributed by atoms with Gasteiger partial charge < -0.3 is 0 Å². The second kappa shape index (κ2) is 7.22. The van der Waals surface area contributed by atoms with Crippen molar-refractivity contribution in [3.05, 3.63) is 65.7 Å². The average Bonchev–Trinajstić information content (AvgIpc) is 2.52. The van der Waals surface area contributed by atoms with Crippen LogP contribution in [0.5, 0.6) is 0 Å². The summed E-state index contributed by atoms with van der Waals surface area (Å²) < 4.78 is 24.2. The van der Waals surface area contributed by atoms with Crippen LogP contribution < -0.4 is 4.83 Å².